The van der Waals surface area contributed by atoms with Crippen molar-refractivity contribution in [2.75, 3.05) is 0 Å². The lowest BCUT2D eigenvalue weighted by Crippen LogP contribution is -2.53. The van der Waals surface area contributed by atoms with Gasteiger partial charge in [0.25, 0.3) is 5.84 Å². The molecule has 3 aliphatic heterocycles. The second kappa shape index (κ2) is 9.16. The second-order valence-corrected chi connectivity index (χ2v) is 10.6. The summed E-state index contributed by atoms with van der Waals surface area (Å²) in [6.45, 7) is 0.811. The topological polar surface area (TPSA) is 98.0 Å². The smallest absolute Gasteiger partial charge is 0.265 e. The van der Waals surface area contributed by atoms with Gasteiger partial charge in [-0.2, -0.15) is 10.8 Å². The van der Waals surface area contributed by atoms with E-state index in [1.165, 1.54) is 11.1 Å². The molecule has 38 heavy (non-hydrogen) atoms. The normalized spacial score (nSPS) is 27.4. The maximum Gasteiger partial charge on any atom is 0.265 e. The number of aliphatic hydroxyl groups excluding tert-OH is 1. The Balaban J connectivity index is 1.15. The number of quaternary nitrogens is 1. The van der Waals surface area contributed by atoms with Gasteiger partial charge < -0.3 is 14.4 Å². The Morgan fingerprint density at radius 1 is 1.13 bits per heavy atom. The number of imidazole rings is 1. The van der Waals surface area contributed by atoms with Crippen molar-refractivity contribution in [3.05, 3.63) is 107 Å². The third kappa shape index (κ3) is 3.84. The molecule has 3 aromatic rings. The summed E-state index contributed by atoms with van der Waals surface area (Å²) >= 11 is 0. The summed E-state index contributed by atoms with van der Waals surface area (Å²) in [5, 5.41) is 9.52. The van der Waals surface area contributed by atoms with Crippen LogP contribution in [0, 0.1) is 11.8 Å². The number of rotatable bonds is 6. The first kappa shape index (κ1) is 23.3. The summed E-state index contributed by atoms with van der Waals surface area (Å²) < 4.78 is 8.56. The molecule has 8 nitrogen and oxygen atoms in total. The number of hydrogen-bond donors (Lipinski definition) is 2. The lowest BCUT2D eigenvalue weighted by atomic mass is 9.72. The number of aliphatic hydroxyl groups is 1. The predicted molar refractivity (Wildman–Crippen MR) is 145 cm³/mol. The number of aromatic nitrogens is 2. The van der Waals surface area contributed by atoms with Crippen LogP contribution in [0.15, 0.2) is 94.7 Å². The molecule has 8 heteroatoms. The molecular formula is C30H31N6O2+. The Bertz CT molecular complexity index is 1500. The summed E-state index contributed by atoms with van der Waals surface area (Å²) in [6, 6.07) is 16.8. The number of benzene rings is 2. The lowest BCUT2D eigenvalue weighted by molar-refractivity contribution is -0.750. The maximum absolute atomic E-state index is 9.52. The van der Waals surface area contributed by atoms with E-state index in [1.807, 2.05) is 29.2 Å². The van der Waals surface area contributed by atoms with Crippen LogP contribution in [0.1, 0.15) is 47.9 Å². The van der Waals surface area contributed by atoms with E-state index < -0.39 is 0 Å². The molecule has 1 fully saturated rings. The van der Waals surface area contributed by atoms with Crippen molar-refractivity contribution in [2.24, 2.45) is 27.7 Å². The Labute approximate surface area is 221 Å². The lowest BCUT2D eigenvalue weighted by Gasteiger charge is -2.35. The van der Waals surface area contributed by atoms with Gasteiger partial charge in [-0.1, -0.05) is 36.4 Å². The Morgan fingerprint density at radius 3 is 2.84 bits per heavy atom. The van der Waals surface area contributed by atoms with E-state index >= 15 is 0 Å². The third-order valence-corrected chi connectivity index (χ3v) is 8.28. The van der Waals surface area contributed by atoms with Gasteiger partial charge in [0.2, 0.25) is 5.70 Å². The molecule has 2 atom stereocenters. The summed E-state index contributed by atoms with van der Waals surface area (Å²) in [5.41, 5.74) is 5.35. The molecule has 0 radical (unpaired) electrons. The molecular weight excluding hydrogens is 476 g/mol. The van der Waals surface area contributed by atoms with Gasteiger partial charge in [-0.15, -0.1) is 4.59 Å². The van der Waals surface area contributed by atoms with E-state index in [0.717, 1.165) is 60.8 Å². The molecule has 1 aliphatic carbocycles. The number of hydrogen-bond acceptors (Lipinski definition) is 6. The van der Waals surface area contributed by atoms with Gasteiger partial charge in [0, 0.05) is 24.9 Å². The molecule has 7 rings (SSSR count). The fourth-order valence-electron chi connectivity index (χ4n) is 6.16. The number of ether oxygens (including phenoxy) is 1. The van der Waals surface area contributed by atoms with Crippen LogP contribution in [-0.2, 0) is 19.6 Å². The van der Waals surface area contributed by atoms with Gasteiger partial charge in [0.15, 0.2) is 0 Å². The number of nitrogens with two attached hydrogens (primary N) is 1. The van der Waals surface area contributed by atoms with Crippen molar-refractivity contribution in [3.8, 4) is 5.75 Å². The molecule has 0 bridgehead atoms. The molecule has 1 saturated carbocycles. The molecule has 0 amide bonds. The summed E-state index contributed by atoms with van der Waals surface area (Å²) in [5.74, 6) is 10.3. The van der Waals surface area contributed by atoms with Crippen LogP contribution in [0.3, 0.4) is 0 Å². The van der Waals surface area contributed by atoms with Gasteiger partial charge in [-0.05, 0) is 54.9 Å². The SMILES string of the molecule is N[N+]12C=CN=CC1=C(C1CC(Cn3ccnc3CO)C1)N=C2c1ccc2c(c1)OC(c1ccccc1)CC2. The zero-order chi connectivity index (χ0) is 25.7. The van der Waals surface area contributed by atoms with E-state index in [2.05, 4.69) is 52.4 Å². The van der Waals surface area contributed by atoms with Gasteiger partial charge in [-0.3, -0.25) is 4.99 Å². The average molecular weight is 508 g/mol. The number of fused-ring (bicyclic) bond motifs is 2. The molecule has 2 aromatic carbocycles. The minimum Gasteiger partial charge on any atom is -0.485 e. The molecule has 0 spiro atoms. The molecule has 4 heterocycles. The fourth-order valence-corrected chi connectivity index (χ4v) is 6.16. The fraction of sp³-hybridized carbons (Fsp3) is 0.300. The van der Waals surface area contributed by atoms with Crippen molar-refractivity contribution >= 4 is 12.1 Å². The number of aliphatic imine (C=N–C) groups is 2. The van der Waals surface area contributed by atoms with Crippen molar-refractivity contribution < 1.29 is 14.4 Å². The molecule has 3 N–H and O–H groups in total. The van der Waals surface area contributed by atoms with E-state index in [4.69, 9.17) is 15.6 Å². The van der Waals surface area contributed by atoms with E-state index in [9.17, 15) is 5.11 Å². The zero-order valence-corrected chi connectivity index (χ0v) is 21.1. The van der Waals surface area contributed by atoms with Crippen molar-refractivity contribution in [3.63, 3.8) is 0 Å². The maximum atomic E-state index is 9.52. The third-order valence-electron chi connectivity index (χ3n) is 8.28. The zero-order valence-electron chi connectivity index (χ0n) is 21.1. The van der Waals surface area contributed by atoms with Crippen molar-refractivity contribution in [1.82, 2.24) is 9.55 Å². The number of amidine groups is 1. The number of nitrogens with zero attached hydrogens (tertiary/aromatic N) is 5. The van der Waals surface area contributed by atoms with Crippen LogP contribution < -0.4 is 10.6 Å². The minimum atomic E-state index is -0.0430. The molecule has 1 aromatic heterocycles. The highest BCUT2D eigenvalue weighted by molar-refractivity contribution is 6.00. The highest BCUT2D eigenvalue weighted by atomic mass is 16.5. The monoisotopic (exact) mass is 507 g/mol. The van der Waals surface area contributed by atoms with Crippen LogP contribution in [-0.4, -0.2) is 31.3 Å². The van der Waals surface area contributed by atoms with E-state index in [0.29, 0.717) is 17.7 Å². The van der Waals surface area contributed by atoms with Crippen molar-refractivity contribution in [1.29, 1.82) is 0 Å². The number of aryl methyl sites for hydroxylation is 1. The summed E-state index contributed by atoms with van der Waals surface area (Å²) in [6.07, 6.45) is 13.2. The molecule has 4 aliphatic rings. The van der Waals surface area contributed by atoms with Gasteiger partial charge in [0.1, 0.15) is 36.2 Å². The van der Waals surface area contributed by atoms with Crippen LogP contribution in [0.4, 0.5) is 0 Å². The highest BCUT2D eigenvalue weighted by Crippen LogP contribution is 2.46. The van der Waals surface area contributed by atoms with Crippen LogP contribution in [0.25, 0.3) is 0 Å². The largest absolute Gasteiger partial charge is 0.485 e. The molecule has 0 saturated heterocycles. The standard InChI is InChI=1S/C30H31N6O2/c31-36-13-11-32-17-25(36)29(24-14-20(15-24)18-35-12-10-33-28(35)19-37)34-30(36)23-7-6-22-8-9-26(38-27(22)16-23)21-4-2-1-3-5-21/h1-7,10-13,16-17,20,24,26,37H,8-9,14-15,18-19,31H2/q+1. The minimum absolute atomic E-state index is 0.0249. The average Bonchev–Trinajstić information content (AvgIpc) is 3.51. The van der Waals surface area contributed by atoms with Crippen LogP contribution in [0.2, 0.25) is 0 Å². The van der Waals surface area contributed by atoms with Gasteiger partial charge in [-0.25, -0.2) is 4.98 Å². The van der Waals surface area contributed by atoms with Crippen LogP contribution in [0.5, 0.6) is 5.75 Å². The molecule has 2 unspecified atom stereocenters. The quantitative estimate of drug-likeness (QED) is 0.382. The first-order chi connectivity index (χ1) is 18.6. The van der Waals surface area contributed by atoms with E-state index in [1.54, 1.807) is 12.4 Å². The summed E-state index contributed by atoms with van der Waals surface area (Å²) in [7, 11) is 0. The van der Waals surface area contributed by atoms with Crippen LogP contribution >= 0.6 is 0 Å². The van der Waals surface area contributed by atoms with Gasteiger partial charge in [0.05, 0.1) is 18.0 Å². The Hall–Kier alpha value is -3.85. The first-order valence-electron chi connectivity index (χ1n) is 13.3. The number of allylic oxidation sites excluding steroid dienone is 2. The molecule has 192 valence electrons. The Morgan fingerprint density at radius 2 is 2.00 bits per heavy atom. The Kier molecular flexibility index (Phi) is 5.61. The van der Waals surface area contributed by atoms with Gasteiger partial charge >= 0.3 is 0 Å². The van der Waals surface area contributed by atoms with E-state index in [-0.39, 0.29) is 17.3 Å². The van der Waals surface area contributed by atoms with Crippen molar-refractivity contribution in [2.45, 2.75) is 44.9 Å². The first-order valence-corrected chi connectivity index (χ1v) is 13.3. The summed E-state index contributed by atoms with van der Waals surface area (Å²) in [4.78, 5) is 13.8. The second-order valence-electron chi connectivity index (χ2n) is 10.6. The predicted octanol–water partition coefficient (Wildman–Crippen LogP) is 4.39. The highest BCUT2D eigenvalue weighted by Gasteiger charge is 2.48.